The van der Waals surface area contributed by atoms with Crippen LogP contribution in [0.25, 0.3) is 10.4 Å². The number of para-hydroxylation sites is 1. The first kappa shape index (κ1) is 15.2. The van der Waals surface area contributed by atoms with Gasteiger partial charge in [-0.15, -0.1) is 0 Å². The third-order valence-corrected chi connectivity index (χ3v) is 3.46. The molecule has 6 nitrogen and oxygen atoms in total. The fraction of sp³-hybridized carbons (Fsp3) is 0.533. The molecule has 0 aromatic heterocycles. The molecule has 112 valence electrons. The summed E-state index contributed by atoms with van der Waals surface area (Å²) in [5.41, 5.74) is 9.12. The van der Waals surface area contributed by atoms with Crippen LogP contribution in [0.3, 0.4) is 0 Å². The molecule has 0 radical (unpaired) electrons. The molecule has 0 saturated heterocycles. The maximum absolute atomic E-state index is 12.6. The molecule has 1 amide bonds. The van der Waals surface area contributed by atoms with E-state index in [0.29, 0.717) is 0 Å². The monoisotopic (exact) mass is 288 g/mol. The highest BCUT2D eigenvalue weighted by Gasteiger charge is 2.48. The van der Waals surface area contributed by atoms with E-state index in [1.54, 1.807) is 4.90 Å². The Balaban J connectivity index is 2.51. The molecule has 1 aliphatic rings. The number of nitrogens with zero attached hydrogens (tertiary/aromatic N) is 4. The van der Waals surface area contributed by atoms with Crippen LogP contribution in [-0.4, -0.2) is 17.2 Å². The van der Waals surface area contributed by atoms with Gasteiger partial charge in [-0.2, -0.15) is 0 Å². The molecule has 0 bridgehead atoms. The van der Waals surface area contributed by atoms with Crippen LogP contribution in [0.2, 0.25) is 0 Å². The highest BCUT2D eigenvalue weighted by atomic mass is 16.6. The van der Waals surface area contributed by atoms with Crippen LogP contribution < -0.4 is 4.90 Å². The molecule has 1 unspecified atom stereocenters. The van der Waals surface area contributed by atoms with Gasteiger partial charge < -0.3 is 4.74 Å². The van der Waals surface area contributed by atoms with E-state index in [1.807, 2.05) is 58.9 Å². The van der Waals surface area contributed by atoms with Gasteiger partial charge in [-0.1, -0.05) is 23.3 Å². The highest BCUT2D eigenvalue weighted by molar-refractivity contribution is 5.93. The quantitative estimate of drug-likeness (QED) is 0.431. The number of anilines is 1. The normalized spacial score (nSPS) is 19.7. The van der Waals surface area contributed by atoms with Crippen molar-refractivity contribution in [2.24, 2.45) is 5.11 Å². The number of benzene rings is 1. The molecule has 2 rings (SSSR count). The number of amides is 1. The fourth-order valence-electron chi connectivity index (χ4n) is 2.63. The molecule has 1 aliphatic heterocycles. The third kappa shape index (κ3) is 2.67. The minimum Gasteiger partial charge on any atom is -0.443 e. The second-order valence-electron chi connectivity index (χ2n) is 6.64. The van der Waals surface area contributed by atoms with Crippen molar-refractivity contribution < 1.29 is 9.53 Å². The van der Waals surface area contributed by atoms with E-state index in [1.165, 1.54) is 0 Å². The standard InChI is InChI=1S/C15H20N4O2/c1-14(2,3)21-13(20)19-11-9-7-6-8-10(11)12(17-18-16)15(19,4)5/h6-9,12H,1-5H3. The number of carbonyl (C=O) groups is 1. The minimum atomic E-state index is -0.682. The second-order valence-corrected chi connectivity index (χ2v) is 6.64. The molecular formula is C15H20N4O2. The summed E-state index contributed by atoms with van der Waals surface area (Å²) < 4.78 is 5.49. The number of hydrogen-bond acceptors (Lipinski definition) is 3. The summed E-state index contributed by atoms with van der Waals surface area (Å²) in [6, 6.07) is 7.00. The summed E-state index contributed by atoms with van der Waals surface area (Å²) >= 11 is 0. The van der Waals surface area contributed by atoms with E-state index >= 15 is 0 Å². The first-order valence-corrected chi connectivity index (χ1v) is 6.85. The number of fused-ring (bicyclic) bond motifs is 1. The van der Waals surface area contributed by atoms with Gasteiger partial charge in [-0.25, -0.2) is 4.79 Å². The molecule has 21 heavy (non-hydrogen) atoms. The van der Waals surface area contributed by atoms with Gasteiger partial charge in [0.2, 0.25) is 0 Å². The maximum atomic E-state index is 12.6. The number of azide groups is 1. The minimum absolute atomic E-state index is 0.435. The van der Waals surface area contributed by atoms with E-state index in [0.717, 1.165) is 11.3 Å². The Bertz CT molecular complexity index is 612. The van der Waals surface area contributed by atoms with Crippen molar-refractivity contribution in [3.63, 3.8) is 0 Å². The van der Waals surface area contributed by atoms with Crippen LogP contribution in [0.1, 0.15) is 46.2 Å². The SMILES string of the molecule is CC(C)(C)OC(=O)N1c2ccccc2C(N=[N+]=[N-])C1(C)C. The molecule has 0 spiro atoms. The molecule has 0 N–H and O–H groups in total. The Kier molecular flexibility index (Phi) is 3.59. The molecule has 1 aromatic rings. The van der Waals surface area contributed by atoms with Gasteiger partial charge in [0.1, 0.15) is 5.60 Å². The summed E-state index contributed by atoms with van der Waals surface area (Å²) in [5, 5.41) is 3.88. The Morgan fingerprint density at radius 3 is 2.57 bits per heavy atom. The number of carbonyl (C=O) groups excluding carboxylic acids is 1. The van der Waals surface area contributed by atoms with Gasteiger partial charge in [0.05, 0.1) is 17.3 Å². The summed E-state index contributed by atoms with van der Waals surface area (Å²) in [6.45, 7) is 9.22. The summed E-state index contributed by atoms with van der Waals surface area (Å²) in [7, 11) is 0. The largest absolute Gasteiger partial charge is 0.443 e. The van der Waals surface area contributed by atoms with Gasteiger partial charge in [0.15, 0.2) is 0 Å². The lowest BCUT2D eigenvalue weighted by Crippen LogP contribution is -2.48. The molecule has 6 heteroatoms. The number of rotatable bonds is 1. The van der Waals surface area contributed by atoms with Crippen LogP contribution >= 0.6 is 0 Å². The second kappa shape index (κ2) is 4.97. The lowest BCUT2D eigenvalue weighted by Gasteiger charge is -2.35. The predicted molar refractivity (Wildman–Crippen MR) is 81.1 cm³/mol. The zero-order valence-corrected chi connectivity index (χ0v) is 13.0. The van der Waals surface area contributed by atoms with Crippen LogP contribution in [0.15, 0.2) is 29.4 Å². The van der Waals surface area contributed by atoms with Gasteiger partial charge in [-0.05, 0) is 51.8 Å². The van der Waals surface area contributed by atoms with E-state index in [-0.39, 0.29) is 0 Å². The van der Waals surface area contributed by atoms with Crippen molar-refractivity contribution in [1.82, 2.24) is 0 Å². The first-order valence-electron chi connectivity index (χ1n) is 6.85. The van der Waals surface area contributed by atoms with Gasteiger partial charge >= 0.3 is 6.09 Å². The average Bonchev–Trinajstić information content (AvgIpc) is 2.56. The molecule has 0 aliphatic carbocycles. The lowest BCUT2D eigenvalue weighted by atomic mass is 9.93. The smallest absolute Gasteiger partial charge is 0.415 e. The van der Waals surface area contributed by atoms with Crippen molar-refractivity contribution in [2.75, 3.05) is 4.90 Å². The van der Waals surface area contributed by atoms with Crippen LogP contribution in [0.5, 0.6) is 0 Å². The van der Waals surface area contributed by atoms with Crippen LogP contribution in [0, 0.1) is 0 Å². The van der Waals surface area contributed by atoms with E-state index < -0.39 is 23.3 Å². The zero-order valence-electron chi connectivity index (χ0n) is 13.0. The Morgan fingerprint density at radius 1 is 1.38 bits per heavy atom. The maximum Gasteiger partial charge on any atom is 0.415 e. The first-order chi connectivity index (χ1) is 9.68. The summed E-state index contributed by atoms with van der Waals surface area (Å²) in [5.74, 6) is 0. The van der Waals surface area contributed by atoms with E-state index in [2.05, 4.69) is 10.0 Å². The molecule has 1 aromatic carbocycles. The third-order valence-electron chi connectivity index (χ3n) is 3.46. The van der Waals surface area contributed by atoms with Crippen LogP contribution in [0.4, 0.5) is 10.5 Å². The summed E-state index contributed by atoms with van der Waals surface area (Å²) in [6.07, 6.45) is -0.435. The molecule has 1 heterocycles. The van der Waals surface area contributed by atoms with Gasteiger partial charge in [0, 0.05) is 4.91 Å². The van der Waals surface area contributed by atoms with E-state index in [9.17, 15) is 4.79 Å². The molecule has 0 saturated carbocycles. The molecular weight excluding hydrogens is 268 g/mol. The van der Waals surface area contributed by atoms with Crippen molar-refractivity contribution >= 4 is 11.8 Å². The predicted octanol–water partition coefficient (Wildman–Crippen LogP) is 4.57. The number of hydrogen-bond donors (Lipinski definition) is 0. The average molecular weight is 288 g/mol. The van der Waals surface area contributed by atoms with E-state index in [4.69, 9.17) is 10.3 Å². The zero-order chi connectivity index (χ0) is 15.8. The topological polar surface area (TPSA) is 78.3 Å². The Morgan fingerprint density at radius 2 is 2.00 bits per heavy atom. The van der Waals surface area contributed by atoms with Crippen molar-refractivity contribution in [2.45, 2.75) is 51.8 Å². The van der Waals surface area contributed by atoms with Crippen molar-refractivity contribution in [3.05, 3.63) is 40.3 Å². The van der Waals surface area contributed by atoms with Gasteiger partial charge in [-0.3, -0.25) is 4.90 Å². The van der Waals surface area contributed by atoms with Crippen molar-refractivity contribution in [3.8, 4) is 0 Å². The Hall–Kier alpha value is -2.20. The summed E-state index contributed by atoms with van der Waals surface area (Å²) in [4.78, 5) is 17.1. The fourth-order valence-corrected chi connectivity index (χ4v) is 2.63. The highest BCUT2D eigenvalue weighted by Crippen LogP contribution is 2.48. The van der Waals surface area contributed by atoms with Crippen LogP contribution in [-0.2, 0) is 4.74 Å². The van der Waals surface area contributed by atoms with Crippen molar-refractivity contribution in [1.29, 1.82) is 0 Å². The number of ether oxygens (including phenoxy) is 1. The lowest BCUT2D eigenvalue weighted by molar-refractivity contribution is 0.0546. The Labute approximate surface area is 124 Å². The molecule has 1 atom stereocenters. The van der Waals surface area contributed by atoms with Gasteiger partial charge in [0.25, 0.3) is 0 Å². The molecule has 0 fully saturated rings.